The Labute approximate surface area is 126 Å². The fourth-order valence-electron chi connectivity index (χ4n) is 2.26. The largest absolute Gasteiger partial charge is 0.494 e. The lowest BCUT2D eigenvalue weighted by molar-refractivity contribution is 0.340. The van der Waals surface area contributed by atoms with E-state index in [-0.39, 0.29) is 12.1 Å². The minimum absolute atomic E-state index is 0.0267. The summed E-state index contributed by atoms with van der Waals surface area (Å²) in [4.78, 5) is 12.2. The summed E-state index contributed by atoms with van der Waals surface area (Å²) in [6.07, 6.45) is 3.24. The molecule has 3 rings (SSSR count). The highest BCUT2D eigenvalue weighted by molar-refractivity contribution is 5.66. The summed E-state index contributed by atoms with van der Waals surface area (Å²) in [5.74, 6) is 0.798. The predicted octanol–water partition coefficient (Wildman–Crippen LogP) is 2.09. The van der Waals surface area contributed by atoms with Gasteiger partial charge in [-0.05, 0) is 37.3 Å². The molecule has 0 radical (unpaired) electrons. The smallest absolute Gasteiger partial charge is 0.277 e. The van der Waals surface area contributed by atoms with Gasteiger partial charge in [0.2, 0.25) is 0 Å². The highest BCUT2D eigenvalue weighted by Crippen LogP contribution is 2.21. The van der Waals surface area contributed by atoms with Crippen LogP contribution in [0.1, 0.15) is 6.92 Å². The molecule has 6 heteroatoms. The van der Waals surface area contributed by atoms with E-state index in [1.165, 1.54) is 9.08 Å². The van der Waals surface area contributed by atoms with Gasteiger partial charge in [-0.15, -0.1) is 0 Å². The van der Waals surface area contributed by atoms with Crippen LogP contribution in [0.3, 0.4) is 0 Å². The molecule has 0 unspecified atom stereocenters. The van der Waals surface area contributed by atoms with Gasteiger partial charge in [0.05, 0.1) is 18.4 Å². The van der Waals surface area contributed by atoms with Crippen molar-refractivity contribution in [1.29, 1.82) is 5.26 Å². The van der Waals surface area contributed by atoms with E-state index in [2.05, 4.69) is 5.10 Å². The number of ether oxygens (including phenoxy) is 1. The lowest BCUT2D eigenvalue weighted by Gasteiger charge is -2.02. The van der Waals surface area contributed by atoms with Crippen molar-refractivity contribution in [2.75, 3.05) is 6.61 Å². The quantitative estimate of drug-likeness (QED) is 0.738. The van der Waals surface area contributed by atoms with E-state index >= 15 is 0 Å². The van der Waals surface area contributed by atoms with Gasteiger partial charge in [0.25, 0.3) is 5.56 Å². The number of fused-ring (bicyclic) bond motifs is 1. The van der Waals surface area contributed by atoms with Crippen LogP contribution in [0.2, 0.25) is 0 Å². The normalized spacial score (nSPS) is 10.5. The molecule has 0 aliphatic carbocycles. The molecule has 0 saturated carbocycles. The third kappa shape index (κ3) is 2.44. The van der Waals surface area contributed by atoms with Crippen molar-refractivity contribution in [2.24, 2.45) is 0 Å². The second-order valence-electron chi connectivity index (χ2n) is 4.71. The summed E-state index contributed by atoms with van der Waals surface area (Å²) in [7, 11) is 0. The molecule has 0 fully saturated rings. The van der Waals surface area contributed by atoms with Crippen molar-refractivity contribution >= 4 is 5.52 Å². The molecule has 110 valence electrons. The van der Waals surface area contributed by atoms with Crippen molar-refractivity contribution in [1.82, 2.24) is 14.2 Å². The van der Waals surface area contributed by atoms with Crippen molar-refractivity contribution in [3.05, 3.63) is 53.1 Å². The molecule has 0 N–H and O–H groups in total. The molecule has 2 heterocycles. The molecule has 1 aromatic carbocycles. The van der Waals surface area contributed by atoms with Crippen LogP contribution in [-0.2, 0) is 6.54 Å². The molecule has 0 aliphatic rings. The van der Waals surface area contributed by atoms with Gasteiger partial charge in [0, 0.05) is 18.0 Å². The number of nitriles is 1. The van der Waals surface area contributed by atoms with E-state index in [4.69, 9.17) is 10.00 Å². The summed E-state index contributed by atoms with van der Waals surface area (Å²) < 4.78 is 8.30. The molecule has 0 bridgehead atoms. The van der Waals surface area contributed by atoms with Gasteiger partial charge in [-0.3, -0.25) is 9.36 Å². The zero-order valence-electron chi connectivity index (χ0n) is 12.1. The maximum Gasteiger partial charge on any atom is 0.277 e. The predicted molar refractivity (Wildman–Crippen MR) is 81.7 cm³/mol. The van der Waals surface area contributed by atoms with Crippen LogP contribution >= 0.6 is 0 Å². The van der Waals surface area contributed by atoms with Crippen LogP contribution < -0.4 is 10.3 Å². The maximum absolute atomic E-state index is 12.2. The van der Waals surface area contributed by atoms with Crippen molar-refractivity contribution in [3.8, 4) is 23.1 Å². The Morgan fingerprint density at radius 1 is 1.27 bits per heavy atom. The highest BCUT2D eigenvalue weighted by Gasteiger charge is 2.09. The Morgan fingerprint density at radius 2 is 2.05 bits per heavy atom. The minimum atomic E-state index is -0.228. The second-order valence-corrected chi connectivity index (χ2v) is 4.71. The number of nitrogens with zero attached hydrogens (tertiary/aromatic N) is 4. The van der Waals surface area contributed by atoms with E-state index in [1.54, 1.807) is 18.5 Å². The number of aromatic nitrogens is 3. The molecule has 2 aromatic heterocycles. The Morgan fingerprint density at radius 3 is 2.73 bits per heavy atom. The Kier molecular flexibility index (Phi) is 3.62. The standard InChI is InChI=1S/C16H14N4O2/c1-2-22-13-5-3-12(4-6-13)14-11-15-16(21)19(8-7-17)9-10-20(15)18-14/h3-6,9-11H,2,8H2,1H3. The van der Waals surface area contributed by atoms with E-state index in [9.17, 15) is 4.79 Å². The first kappa shape index (κ1) is 13.9. The van der Waals surface area contributed by atoms with Crippen molar-refractivity contribution in [2.45, 2.75) is 13.5 Å². The summed E-state index contributed by atoms with van der Waals surface area (Å²) in [6, 6.07) is 11.2. The third-order valence-corrected chi connectivity index (χ3v) is 3.31. The van der Waals surface area contributed by atoms with Crippen LogP contribution in [0, 0.1) is 11.3 Å². The van der Waals surface area contributed by atoms with Gasteiger partial charge >= 0.3 is 0 Å². The highest BCUT2D eigenvalue weighted by atomic mass is 16.5. The second kappa shape index (κ2) is 5.74. The molecule has 3 aromatic rings. The monoisotopic (exact) mass is 294 g/mol. The number of benzene rings is 1. The summed E-state index contributed by atoms with van der Waals surface area (Å²) in [5, 5.41) is 13.1. The molecule has 6 nitrogen and oxygen atoms in total. The lowest BCUT2D eigenvalue weighted by atomic mass is 10.1. The van der Waals surface area contributed by atoms with Crippen LogP contribution in [0.5, 0.6) is 5.75 Å². The Hall–Kier alpha value is -3.07. The van der Waals surface area contributed by atoms with Gasteiger partial charge in [0.1, 0.15) is 17.8 Å². The fourth-order valence-corrected chi connectivity index (χ4v) is 2.26. The Balaban J connectivity index is 2.03. The van der Waals surface area contributed by atoms with Crippen molar-refractivity contribution < 1.29 is 4.74 Å². The number of hydrogen-bond acceptors (Lipinski definition) is 4. The van der Waals surface area contributed by atoms with E-state index in [0.717, 1.165) is 11.3 Å². The van der Waals surface area contributed by atoms with Crippen LogP contribution in [0.25, 0.3) is 16.8 Å². The molecule has 0 spiro atoms. The van der Waals surface area contributed by atoms with Crippen molar-refractivity contribution in [3.63, 3.8) is 0 Å². The van der Waals surface area contributed by atoms with Gasteiger partial charge in [-0.2, -0.15) is 10.4 Å². The average Bonchev–Trinajstić information content (AvgIpc) is 2.96. The van der Waals surface area contributed by atoms with Crippen LogP contribution in [0.4, 0.5) is 0 Å². The van der Waals surface area contributed by atoms with E-state index < -0.39 is 0 Å². The topological polar surface area (TPSA) is 72.3 Å². The number of rotatable bonds is 4. The first-order valence-electron chi connectivity index (χ1n) is 6.92. The summed E-state index contributed by atoms with van der Waals surface area (Å²) >= 11 is 0. The summed E-state index contributed by atoms with van der Waals surface area (Å²) in [6.45, 7) is 2.58. The zero-order chi connectivity index (χ0) is 15.5. The van der Waals surface area contributed by atoms with E-state index in [1.807, 2.05) is 37.3 Å². The lowest BCUT2D eigenvalue weighted by Crippen LogP contribution is -2.20. The average molecular weight is 294 g/mol. The van der Waals surface area contributed by atoms with Crippen LogP contribution in [-0.4, -0.2) is 20.8 Å². The van der Waals surface area contributed by atoms with Gasteiger partial charge < -0.3 is 4.74 Å². The molecule has 22 heavy (non-hydrogen) atoms. The van der Waals surface area contributed by atoms with Gasteiger partial charge in [-0.1, -0.05) is 0 Å². The van der Waals surface area contributed by atoms with Crippen LogP contribution in [0.15, 0.2) is 47.5 Å². The Bertz CT molecular complexity index is 901. The minimum Gasteiger partial charge on any atom is -0.494 e. The first-order valence-corrected chi connectivity index (χ1v) is 6.92. The molecule has 0 amide bonds. The molecular weight excluding hydrogens is 280 g/mol. The maximum atomic E-state index is 12.2. The molecule has 0 atom stereocenters. The van der Waals surface area contributed by atoms with Gasteiger partial charge in [0.15, 0.2) is 0 Å². The van der Waals surface area contributed by atoms with E-state index in [0.29, 0.717) is 17.8 Å². The SMILES string of the molecule is CCOc1ccc(-c2cc3c(=O)n(CC#N)ccn3n2)cc1. The molecule has 0 saturated heterocycles. The van der Waals surface area contributed by atoms with Gasteiger partial charge in [-0.25, -0.2) is 4.52 Å². The molecular formula is C16H14N4O2. The summed E-state index contributed by atoms with van der Waals surface area (Å²) in [5.41, 5.74) is 1.82. The number of hydrogen-bond donors (Lipinski definition) is 0. The zero-order valence-corrected chi connectivity index (χ0v) is 12.1. The molecule has 0 aliphatic heterocycles. The first-order chi connectivity index (χ1) is 10.7. The fraction of sp³-hybridized carbons (Fsp3) is 0.188. The third-order valence-electron chi connectivity index (χ3n) is 3.31.